The third-order valence-electron chi connectivity index (χ3n) is 4.40. The summed E-state index contributed by atoms with van der Waals surface area (Å²) in [5.74, 6) is 0.264. The number of ether oxygens (including phenoxy) is 1. The fraction of sp³-hybridized carbons (Fsp3) is 0.438. The van der Waals surface area contributed by atoms with E-state index in [0.717, 1.165) is 25.4 Å². The van der Waals surface area contributed by atoms with Crippen LogP contribution in [0.1, 0.15) is 24.8 Å². The van der Waals surface area contributed by atoms with Gasteiger partial charge in [-0.05, 0) is 25.0 Å². The van der Waals surface area contributed by atoms with E-state index in [0.29, 0.717) is 17.9 Å². The van der Waals surface area contributed by atoms with Gasteiger partial charge in [-0.2, -0.15) is 9.97 Å². The van der Waals surface area contributed by atoms with Crippen LogP contribution in [-0.2, 0) is 31.3 Å². The van der Waals surface area contributed by atoms with Gasteiger partial charge < -0.3 is 14.5 Å². The van der Waals surface area contributed by atoms with Crippen LogP contribution in [-0.4, -0.2) is 55.5 Å². The van der Waals surface area contributed by atoms with Crippen molar-refractivity contribution in [1.82, 2.24) is 19.5 Å². The predicted octanol–water partition coefficient (Wildman–Crippen LogP) is 1.07. The second kappa shape index (κ2) is 7.52. The number of nitrogens with one attached hydrogen (secondary N) is 1. The van der Waals surface area contributed by atoms with Crippen molar-refractivity contribution in [3.05, 3.63) is 30.5 Å². The summed E-state index contributed by atoms with van der Waals surface area (Å²) in [5, 5.41) is 3.01. The van der Waals surface area contributed by atoms with Crippen LogP contribution in [0.3, 0.4) is 0 Å². The highest BCUT2D eigenvalue weighted by atomic mass is 32.3. The Morgan fingerprint density at radius 3 is 2.60 bits per heavy atom. The molecule has 1 aliphatic heterocycles. The molecule has 1 fully saturated rings. The van der Waals surface area contributed by atoms with E-state index in [1.54, 1.807) is 16.7 Å². The molecule has 14 heteroatoms. The lowest BCUT2D eigenvalue weighted by atomic mass is 10.3. The summed E-state index contributed by atoms with van der Waals surface area (Å²) >= 11 is 0. The molecule has 1 saturated heterocycles. The van der Waals surface area contributed by atoms with E-state index in [1.807, 2.05) is 0 Å². The molecule has 162 valence electrons. The van der Waals surface area contributed by atoms with Crippen LogP contribution in [0.25, 0.3) is 11.2 Å². The molecule has 12 nitrogen and oxygen atoms in total. The summed E-state index contributed by atoms with van der Waals surface area (Å²) in [6.07, 6.45) is 5.82. The normalized spacial score (nSPS) is 17.5. The van der Waals surface area contributed by atoms with Gasteiger partial charge in [-0.15, -0.1) is 3.71 Å². The Hall–Kier alpha value is -2.71. The van der Waals surface area contributed by atoms with Gasteiger partial charge in [0.2, 0.25) is 20.0 Å². The van der Waals surface area contributed by atoms with Crippen LogP contribution in [0.4, 0.5) is 11.8 Å². The average molecular weight is 457 g/mol. The highest BCUT2D eigenvalue weighted by molar-refractivity contribution is 8.09. The lowest BCUT2D eigenvalue weighted by Crippen LogP contribution is -2.36. The third-order valence-corrected chi connectivity index (χ3v) is 7.56. The number of anilines is 2. The van der Waals surface area contributed by atoms with E-state index in [1.165, 1.54) is 12.6 Å². The fourth-order valence-corrected chi connectivity index (χ4v) is 5.95. The molecule has 0 bridgehead atoms. The molecule has 0 amide bonds. The first-order valence-electron chi connectivity index (χ1n) is 8.97. The molecule has 4 rings (SSSR count). The number of furan rings is 1. The van der Waals surface area contributed by atoms with Crippen LogP contribution >= 0.6 is 0 Å². The van der Waals surface area contributed by atoms with Crippen LogP contribution < -0.4 is 9.03 Å². The first-order chi connectivity index (χ1) is 14.1. The lowest BCUT2D eigenvalue weighted by molar-refractivity contribution is 0.0593. The van der Waals surface area contributed by atoms with Crippen molar-refractivity contribution < 1.29 is 26.0 Å². The number of hydrogen-bond acceptors (Lipinski definition) is 10. The zero-order valence-electron chi connectivity index (χ0n) is 16.2. The van der Waals surface area contributed by atoms with Crippen molar-refractivity contribution in [3.8, 4) is 0 Å². The molecule has 30 heavy (non-hydrogen) atoms. The largest absolute Gasteiger partial charge is 0.467 e. The summed E-state index contributed by atoms with van der Waals surface area (Å²) in [5.41, 5.74) is 0.605. The molecule has 1 unspecified atom stereocenters. The minimum absolute atomic E-state index is 0.167. The van der Waals surface area contributed by atoms with Gasteiger partial charge in [0, 0.05) is 6.61 Å². The first kappa shape index (κ1) is 20.6. The Balaban J connectivity index is 1.87. The van der Waals surface area contributed by atoms with E-state index in [2.05, 4.69) is 20.3 Å². The standard InChI is InChI=1S/C16H20N6O6S2/c1-29(23,24)22(30(2,25)26)16-19-14(17-9-11-5-3-7-27-11)13-15(20-16)21(10-18-13)12-6-4-8-28-12/h3,5,7,10,12H,4,6,8-9H2,1-2H3,(H,17,19,20). The summed E-state index contributed by atoms with van der Waals surface area (Å²) < 4.78 is 61.7. The predicted molar refractivity (Wildman–Crippen MR) is 108 cm³/mol. The van der Waals surface area contributed by atoms with Gasteiger partial charge in [-0.3, -0.25) is 4.57 Å². The van der Waals surface area contributed by atoms with Gasteiger partial charge in [0.15, 0.2) is 17.0 Å². The van der Waals surface area contributed by atoms with Crippen molar-refractivity contribution in [3.63, 3.8) is 0 Å². The maximum atomic E-state index is 12.2. The minimum atomic E-state index is -4.22. The van der Waals surface area contributed by atoms with Crippen LogP contribution in [0.5, 0.6) is 0 Å². The molecule has 1 N–H and O–H groups in total. The average Bonchev–Trinajstić information content (AvgIpc) is 3.37. The minimum Gasteiger partial charge on any atom is -0.467 e. The maximum absolute atomic E-state index is 12.2. The van der Waals surface area contributed by atoms with E-state index in [9.17, 15) is 16.8 Å². The SMILES string of the molecule is CS(=O)(=O)N(c1nc(NCc2ccco2)c2ncn(C3CCCO3)c2n1)S(C)(=O)=O. The molecule has 1 aliphatic rings. The highest BCUT2D eigenvalue weighted by Crippen LogP contribution is 2.30. The van der Waals surface area contributed by atoms with Crippen molar-refractivity contribution in [2.75, 3.05) is 28.1 Å². The second-order valence-electron chi connectivity index (χ2n) is 6.82. The highest BCUT2D eigenvalue weighted by Gasteiger charge is 2.32. The molecular weight excluding hydrogens is 436 g/mol. The number of fused-ring (bicyclic) bond motifs is 1. The monoisotopic (exact) mass is 456 g/mol. The number of rotatable bonds is 7. The Morgan fingerprint density at radius 2 is 2.00 bits per heavy atom. The van der Waals surface area contributed by atoms with Gasteiger partial charge in [0.05, 0.1) is 31.6 Å². The molecule has 0 saturated carbocycles. The first-order valence-corrected chi connectivity index (χ1v) is 12.7. The molecule has 0 radical (unpaired) electrons. The van der Waals surface area contributed by atoms with Crippen LogP contribution in [0.2, 0.25) is 0 Å². The number of nitrogens with zero attached hydrogens (tertiary/aromatic N) is 5. The lowest BCUT2D eigenvalue weighted by Gasteiger charge is -2.19. The van der Waals surface area contributed by atoms with E-state index in [4.69, 9.17) is 9.15 Å². The number of hydrogen-bond donors (Lipinski definition) is 1. The van der Waals surface area contributed by atoms with Gasteiger partial charge in [0.25, 0.3) is 5.95 Å². The van der Waals surface area contributed by atoms with Crippen molar-refractivity contribution in [2.24, 2.45) is 0 Å². The molecule has 0 aromatic carbocycles. The third kappa shape index (κ3) is 3.97. The summed E-state index contributed by atoms with van der Waals surface area (Å²) in [7, 11) is -8.44. The molecule has 1 atom stereocenters. The maximum Gasteiger partial charge on any atom is 0.257 e. The quantitative estimate of drug-likeness (QED) is 0.547. The smallest absolute Gasteiger partial charge is 0.257 e. The molecular formula is C16H20N6O6S2. The molecule has 0 aliphatic carbocycles. The topological polar surface area (TPSA) is 150 Å². The van der Waals surface area contributed by atoms with Gasteiger partial charge in [-0.1, -0.05) is 0 Å². The van der Waals surface area contributed by atoms with E-state index >= 15 is 0 Å². The molecule has 3 aromatic heterocycles. The number of sulfonamides is 2. The second-order valence-corrected chi connectivity index (χ2v) is 10.7. The Bertz CT molecular complexity index is 1230. The van der Waals surface area contributed by atoms with E-state index < -0.39 is 26.0 Å². The van der Waals surface area contributed by atoms with Crippen molar-refractivity contribution >= 4 is 43.0 Å². The summed E-state index contributed by atoms with van der Waals surface area (Å²) in [6, 6.07) is 3.47. The Morgan fingerprint density at radius 1 is 1.23 bits per heavy atom. The Kier molecular flexibility index (Phi) is 5.15. The van der Waals surface area contributed by atoms with Gasteiger partial charge in [0.1, 0.15) is 12.0 Å². The van der Waals surface area contributed by atoms with Gasteiger partial charge in [-0.25, -0.2) is 21.8 Å². The molecule has 4 heterocycles. The Labute approximate surface area is 173 Å². The summed E-state index contributed by atoms with van der Waals surface area (Å²) in [6.45, 7) is 0.799. The fourth-order valence-electron chi connectivity index (χ4n) is 3.23. The molecule has 0 spiro atoms. The van der Waals surface area contributed by atoms with E-state index in [-0.39, 0.29) is 27.9 Å². The van der Waals surface area contributed by atoms with Crippen molar-refractivity contribution in [2.45, 2.75) is 25.6 Å². The van der Waals surface area contributed by atoms with Crippen molar-refractivity contribution in [1.29, 1.82) is 0 Å². The zero-order valence-corrected chi connectivity index (χ0v) is 17.9. The number of imidazole rings is 1. The zero-order chi connectivity index (χ0) is 21.5. The van der Waals surface area contributed by atoms with Crippen LogP contribution in [0.15, 0.2) is 29.1 Å². The summed E-state index contributed by atoms with van der Waals surface area (Å²) in [4.78, 5) is 12.7. The van der Waals surface area contributed by atoms with Crippen LogP contribution in [0, 0.1) is 0 Å². The van der Waals surface area contributed by atoms with Gasteiger partial charge >= 0.3 is 0 Å². The number of aromatic nitrogens is 4. The molecule has 3 aromatic rings.